The van der Waals surface area contributed by atoms with Gasteiger partial charge in [0.05, 0.1) is 10.6 Å². The molecule has 0 aliphatic carbocycles. The molecule has 1 N–H and O–H groups in total. The van der Waals surface area contributed by atoms with Gasteiger partial charge in [0.25, 0.3) is 5.91 Å². The van der Waals surface area contributed by atoms with Crippen molar-refractivity contribution in [3.05, 3.63) is 70.4 Å². The van der Waals surface area contributed by atoms with E-state index in [-0.39, 0.29) is 5.91 Å². The molecule has 116 valence electrons. The van der Waals surface area contributed by atoms with E-state index in [9.17, 15) is 4.79 Å². The Kier molecular flexibility index (Phi) is 4.84. The third-order valence-corrected chi connectivity index (χ3v) is 5.30. The monoisotopic (exact) mass is 339 g/mol. The predicted octanol–water partition coefficient (Wildman–Crippen LogP) is 5.70. The molecule has 0 aliphatic heterocycles. The first-order valence-corrected chi connectivity index (χ1v) is 9.38. The molecule has 2 aromatic carbocycles. The second kappa shape index (κ2) is 7.02. The number of amides is 1. The number of anilines is 1. The van der Waals surface area contributed by atoms with Crippen LogP contribution in [0.1, 0.15) is 15.2 Å². The van der Waals surface area contributed by atoms with Crippen molar-refractivity contribution in [3.63, 3.8) is 0 Å². The lowest BCUT2D eigenvalue weighted by Crippen LogP contribution is -2.11. The topological polar surface area (TPSA) is 29.1 Å². The molecule has 0 bridgehead atoms. The second-order valence-corrected chi connectivity index (χ2v) is 6.95. The molecule has 4 heteroatoms. The van der Waals surface area contributed by atoms with E-state index < -0.39 is 0 Å². The number of thioether (sulfide) groups is 1. The van der Waals surface area contributed by atoms with E-state index in [0.717, 1.165) is 26.6 Å². The van der Waals surface area contributed by atoms with Gasteiger partial charge < -0.3 is 5.32 Å². The number of hydrogen-bond donors (Lipinski definition) is 1. The first kappa shape index (κ1) is 15.8. The Morgan fingerprint density at radius 3 is 2.52 bits per heavy atom. The van der Waals surface area contributed by atoms with Crippen molar-refractivity contribution in [2.45, 2.75) is 11.8 Å². The van der Waals surface area contributed by atoms with E-state index in [0.29, 0.717) is 0 Å². The van der Waals surface area contributed by atoms with E-state index in [1.807, 2.05) is 42.0 Å². The van der Waals surface area contributed by atoms with Crippen LogP contribution >= 0.6 is 23.1 Å². The SMILES string of the molecule is CSc1ccccc1NC(=O)c1sccc1-c1ccc(C)cc1. The Bertz CT molecular complexity index is 821. The third kappa shape index (κ3) is 3.49. The standard InChI is InChI=1S/C19H17NOS2/c1-13-7-9-14(10-8-13)15-11-12-23-18(15)19(21)20-16-5-3-4-6-17(16)22-2/h3-12H,1-2H3,(H,20,21). The van der Waals surface area contributed by atoms with Crippen LogP contribution in [0.2, 0.25) is 0 Å². The number of para-hydroxylation sites is 1. The number of thiophene rings is 1. The summed E-state index contributed by atoms with van der Waals surface area (Å²) < 4.78 is 0. The average Bonchev–Trinajstić information content (AvgIpc) is 3.06. The van der Waals surface area contributed by atoms with Gasteiger partial charge in [0.2, 0.25) is 0 Å². The zero-order chi connectivity index (χ0) is 16.2. The molecule has 2 nitrogen and oxygen atoms in total. The maximum Gasteiger partial charge on any atom is 0.266 e. The summed E-state index contributed by atoms with van der Waals surface area (Å²) in [7, 11) is 0. The molecule has 0 unspecified atom stereocenters. The Morgan fingerprint density at radius 1 is 1.04 bits per heavy atom. The van der Waals surface area contributed by atoms with Crippen molar-refractivity contribution in [1.82, 2.24) is 0 Å². The summed E-state index contributed by atoms with van der Waals surface area (Å²) in [6.07, 6.45) is 2.01. The third-order valence-electron chi connectivity index (χ3n) is 3.59. The quantitative estimate of drug-likeness (QED) is 0.618. The molecule has 1 heterocycles. The minimum atomic E-state index is -0.0583. The number of carbonyl (C=O) groups is 1. The predicted molar refractivity (Wildman–Crippen MR) is 101 cm³/mol. The highest BCUT2D eigenvalue weighted by molar-refractivity contribution is 7.98. The van der Waals surface area contributed by atoms with Crippen LogP contribution in [0.5, 0.6) is 0 Å². The number of carbonyl (C=O) groups excluding carboxylic acids is 1. The number of aryl methyl sites for hydroxylation is 1. The van der Waals surface area contributed by atoms with Crippen LogP contribution in [-0.2, 0) is 0 Å². The molecular formula is C19H17NOS2. The summed E-state index contributed by atoms with van der Waals surface area (Å²) in [6.45, 7) is 2.06. The first-order valence-electron chi connectivity index (χ1n) is 7.28. The summed E-state index contributed by atoms with van der Waals surface area (Å²) in [5, 5.41) is 5.00. The molecule has 0 atom stereocenters. The lowest BCUT2D eigenvalue weighted by atomic mass is 10.0. The van der Waals surface area contributed by atoms with Crippen molar-refractivity contribution >= 4 is 34.7 Å². The van der Waals surface area contributed by atoms with Crippen LogP contribution in [-0.4, -0.2) is 12.2 Å². The minimum absolute atomic E-state index is 0.0583. The van der Waals surface area contributed by atoms with Gasteiger partial charge >= 0.3 is 0 Å². The molecule has 0 spiro atoms. The molecule has 3 rings (SSSR count). The Labute approximate surface area is 144 Å². The van der Waals surface area contributed by atoms with Gasteiger partial charge in [-0.3, -0.25) is 4.79 Å². The zero-order valence-corrected chi connectivity index (χ0v) is 14.6. The summed E-state index contributed by atoms with van der Waals surface area (Å²) in [4.78, 5) is 14.5. The van der Waals surface area contributed by atoms with Gasteiger partial charge in [0, 0.05) is 10.5 Å². The fraction of sp³-hybridized carbons (Fsp3) is 0.105. The number of nitrogens with one attached hydrogen (secondary N) is 1. The van der Waals surface area contributed by atoms with Gasteiger partial charge in [-0.2, -0.15) is 0 Å². The van der Waals surface area contributed by atoms with Gasteiger partial charge in [0.1, 0.15) is 0 Å². The number of benzene rings is 2. The van der Waals surface area contributed by atoms with Crippen molar-refractivity contribution in [3.8, 4) is 11.1 Å². The number of rotatable bonds is 4. The molecule has 0 fully saturated rings. The van der Waals surface area contributed by atoms with E-state index in [2.05, 4.69) is 36.5 Å². The molecule has 0 saturated carbocycles. The van der Waals surface area contributed by atoms with Crippen LogP contribution < -0.4 is 5.32 Å². The van der Waals surface area contributed by atoms with Crippen LogP contribution in [0.4, 0.5) is 5.69 Å². The van der Waals surface area contributed by atoms with Crippen LogP contribution in [0.15, 0.2) is 64.9 Å². The number of hydrogen-bond acceptors (Lipinski definition) is 3. The van der Waals surface area contributed by atoms with E-state index >= 15 is 0 Å². The minimum Gasteiger partial charge on any atom is -0.320 e. The van der Waals surface area contributed by atoms with Gasteiger partial charge in [-0.15, -0.1) is 23.1 Å². The summed E-state index contributed by atoms with van der Waals surface area (Å²) in [5.74, 6) is -0.0583. The van der Waals surface area contributed by atoms with Gasteiger partial charge in [-0.25, -0.2) is 0 Å². The van der Waals surface area contributed by atoms with Gasteiger partial charge in [-0.1, -0.05) is 42.0 Å². The van der Waals surface area contributed by atoms with E-state index in [4.69, 9.17) is 0 Å². The van der Waals surface area contributed by atoms with Crippen molar-refractivity contribution in [2.75, 3.05) is 11.6 Å². The molecule has 1 amide bonds. The van der Waals surface area contributed by atoms with Crippen molar-refractivity contribution in [2.24, 2.45) is 0 Å². The molecule has 0 aliphatic rings. The molecule has 3 aromatic rings. The summed E-state index contributed by atoms with van der Waals surface area (Å²) in [5.41, 5.74) is 4.12. The molecular weight excluding hydrogens is 322 g/mol. The molecule has 23 heavy (non-hydrogen) atoms. The maximum absolute atomic E-state index is 12.7. The van der Waals surface area contributed by atoms with Crippen molar-refractivity contribution in [1.29, 1.82) is 0 Å². The molecule has 0 saturated heterocycles. The van der Waals surface area contributed by atoms with Crippen LogP contribution in [0.3, 0.4) is 0 Å². The van der Waals surface area contributed by atoms with Crippen molar-refractivity contribution < 1.29 is 4.79 Å². The van der Waals surface area contributed by atoms with E-state index in [1.165, 1.54) is 16.9 Å². The van der Waals surface area contributed by atoms with Gasteiger partial charge in [0.15, 0.2) is 0 Å². The Hall–Kier alpha value is -2.04. The Morgan fingerprint density at radius 2 is 1.78 bits per heavy atom. The largest absolute Gasteiger partial charge is 0.320 e. The maximum atomic E-state index is 12.7. The average molecular weight is 339 g/mol. The molecule has 0 radical (unpaired) electrons. The fourth-order valence-electron chi connectivity index (χ4n) is 2.37. The van der Waals surface area contributed by atoms with E-state index in [1.54, 1.807) is 11.8 Å². The highest BCUT2D eigenvalue weighted by Gasteiger charge is 2.15. The fourth-order valence-corrected chi connectivity index (χ4v) is 3.74. The first-order chi connectivity index (χ1) is 11.2. The zero-order valence-electron chi connectivity index (χ0n) is 13.0. The molecule has 1 aromatic heterocycles. The van der Waals surface area contributed by atoms with Crippen LogP contribution in [0, 0.1) is 6.92 Å². The summed E-state index contributed by atoms with van der Waals surface area (Å²) >= 11 is 3.10. The Balaban J connectivity index is 1.89. The smallest absolute Gasteiger partial charge is 0.266 e. The highest BCUT2D eigenvalue weighted by Crippen LogP contribution is 2.31. The second-order valence-electron chi connectivity index (χ2n) is 5.18. The van der Waals surface area contributed by atoms with Gasteiger partial charge in [-0.05, 0) is 42.3 Å². The van der Waals surface area contributed by atoms with Crippen LogP contribution in [0.25, 0.3) is 11.1 Å². The lowest BCUT2D eigenvalue weighted by Gasteiger charge is -2.10. The highest BCUT2D eigenvalue weighted by atomic mass is 32.2. The normalized spacial score (nSPS) is 10.5. The summed E-state index contributed by atoms with van der Waals surface area (Å²) in [6, 6.07) is 18.1. The lowest BCUT2D eigenvalue weighted by molar-refractivity contribution is 0.103.